The van der Waals surface area contributed by atoms with Crippen LogP contribution in [0.15, 0.2) is 0 Å². The molecule has 124 valence electrons. The van der Waals surface area contributed by atoms with Crippen molar-refractivity contribution in [1.29, 1.82) is 0 Å². The van der Waals surface area contributed by atoms with Crippen molar-refractivity contribution in [2.75, 3.05) is 26.2 Å². The van der Waals surface area contributed by atoms with Gasteiger partial charge in [0.15, 0.2) is 0 Å². The number of rotatable bonds is 10. The smallest absolute Gasteiger partial charge is 0.0613 e. The molecule has 0 spiro atoms. The highest BCUT2D eigenvalue weighted by Crippen LogP contribution is 2.37. The molecule has 3 nitrogen and oxygen atoms in total. The van der Waals surface area contributed by atoms with Crippen LogP contribution in [-0.4, -0.2) is 47.8 Å². The number of hydrogen-bond acceptors (Lipinski definition) is 3. The number of hydrogen-bond donors (Lipinski definition) is 2. The summed E-state index contributed by atoms with van der Waals surface area (Å²) in [4.78, 5) is 2.65. The number of nitrogens with zero attached hydrogens (tertiary/aromatic N) is 1. The molecule has 0 amide bonds. The summed E-state index contributed by atoms with van der Waals surface area (Å²) >= 11 is 0. The van der Waals surface area contributed by atoms with Crippen LogP contribution in [0.4, 0.5) is 0 Å². The van der Waals surface area contributed by atoms with E-state index >= 15 is 0 Å². The van der Waals surface area contributed by atoms with Crippen molar-refractivity contribution in [3.63, 3.8) is 0 Å². The molecule has 0 aromatic rings. The molecule has 1 saturated heterocycles. The minimum absolute atomic E-state index is 0.0203. The lowest BCUT2D eigenvalue weighted by molar-refractivity contribution is 0.136. The van der Waals surface area contributed by atoms with Crippen molar-refractivity contribution < 1.29 is 5.11 Å². The van der Waals surface area contributed by atoms with Gasteiger partial charge in [-0.1, -0.05) is 20.8 Å². The second-order valence-electron chi connectivity index (χ2n) is 7.55. The molecule has 2 fully saturated rings. The third-order valence-electron chi connectivity index (χ3n) is 6.21. The SMILES string of the molecule is CCC1(CC)CCN(CCCC(CC)(CO)NC2CC2)C1. The minimum Gasteiger partial charge on any atom is -0.394 e. The fourth-order valence-corrected chi connectivity index (χ4v) is 3.94. The Hall–Kier alpha value is -0.120. The molecule has 2 aliphatic rings. The third kappa shape index (κ3) is 4.43. The first-order valence-electron chi connectivity index (χ1n) is 9.22. The fraction of sp³-hybridized carbons (Fsp3) is 1.00. The predicted octanol–water partition coefficient (Wildman–Crippen LogP) is 3.17. The summed E-state index contributed by atoms with van der Waals surface area (Å²) < 4.78 is 0. The fourth-order valence-electron chi connectivity index (χ4n) is 3.94. The second-order valence-corrected chi connectivity index (χ2v) is 7.55. The standard InChI is InChI=1S/C18H36N2O/c1-4-17(5-2)11-13-20(14-17)12-7-10-18(6-3,15-21)19-16-8-9-16/h16,19,21H,4-15H2,1-3H3. The molecular formula is C18H36N2O. The lowest BCUT2D eigenvalue weighted by Crippen LogP contribution is -2.49. The van der Waals surface area contributed by atoms with Crippen LogP contribution >= 0.6 is 0 Å². The maximum absolute atomic E-state index is 9.83. The summed E-state index contributed by atoms with van der Waals surface area (Å²) in [5.41, 5.74) is 0.568. The van der Waals surface area contributed by atoms with E-state index in [2.05, 4.69) is 31.0 Å². The maximum atomic E-state index is 9.83. The van der Waals surface area contributed by atoms with Crippen LogP contribution in [0, 0.1) is 5.41 Å². The predicted molar refractivity (Wildman–Crippen MR) is 89.6 cm³/mol. The normalized spacial score (nSPS) is 25.1. The van der Waals surface area contributed by atoms with Gasteiger partial charge in [0, 0.05) is 18.1 Å². The minimum atomic E-state index is -0.0203. The molecule has 1 heterocycles. The number of likely N-dealkylation sites (tertiary alicyclic amines) is 1. The van der Waals surface area contributed by atoms with Gasteiger partial charge in [0.1, 0.15) is 0 Å². The van der Waals surface area contributed by atoms with Crippen LogP contribution in [0.5, 0.6) is 0 Å². The van der Waals surface area contributed by atoms with E-state index in [0.29, 0.717) is 11.5 Å². The van der Waals surface area contributed by atoms with Crippen LogP contribution in [-0.2, 0) is 0 Å². The zero-order valence-electron chi connectivity index (χ0n) is 14.5. The van der Waals surface area contributed by atoms with E-state index in [-0.39, 0.29) is 12.1 Å². The summed E-state index contributed by atoms with van der Waals surface area (Å²) in [6, 6.07) is 0.678. The Bertz CT molecular complexity index is 306. The van der Waals surface area contributed by atoms with Crippen LogP contribution in [0.25, 0.3) is 0 Å². The largest absolute Gasteiger partial charge is 0.394 e. The Kier molecular flexibility index (Phi) is 6.10. The number of aliphatic hydroxyl groups is 1. The highest BCUT2D eigenvalue weighted by atomic mass is 16.3. The maximum Gasteiger partial charge on any atom is 0.0613 e. The van der Waals surface area contributed by atoms with Gasteiger partial charge >= 0.3 is 0 Å². The molecule has 21 heavy (non-hydrogen) atoms. The Morgan fingerprint density at radius 1 is 1.24 bits per heavy atom. The number of aliphatic hydroxyl groups excluding tert-OH is 1. The Balaban J connectivity index is 1.75. The molecule has 1 unspecified atom stereocenters. The Morgan fingerprint density at radius 3 is 2.43 bits per heavy atom. The molecule has 1 aliphatic heterocycles. The Morgan fingerprint density at radius 2 is 1.95 bits per heavy atom. The van der Waals surface area contributed by atoms with Crippen LogP contribution in [0.1, 0.15) is 72.1 Å². The molecule has 1 atom stereocenters. The summed E-state index contributed by atoms with van der Waals surface area (Å²) in [6.07, 6.45) is 9.95. The molecule has 2 rings (SSSR count). The quantitative estimate of drug-likeness (QED) is 0.650. The summed E-state index contributed by atoms with van der Waals surface area (Å²) in [7, 11) is 0. The average Bonchev–Trinajstić information content (AvgIpc) is 3.24. The van der Waals surface area contributed by atoms with Gasteiger partial charge in [0.05, 0.1) is 6.61 Å². The van der Waals surface area contributed by atoms with Crippen LogP contribution < -0.4 is 5.32 Å². The Labute approximate surface area is 131 Å². The first-order valence-corrected chi connectivity index (χ1v) is 9.22. The van der Waals surface area contributed by atoms with Gasteiger partial charge in [-0.15, -0.1) is 0 Å². The lowest BCUT2D eigenvalue weighted by atomic mass is 9.82. The van der Waals surface area contributed by atoms with E-state index in [1.807, 2.05) is 0 Å². The molecule has 1 saturated carbocycles. The highest BCUT2D eigenvalue weighted by molar-refractivity contribution is 4.95. The van der Waals surface area contributed by atoms with Gasteiger partial charge in [-0.25, -0.2) is 0 Å². The van der Waals surface area contributed by atoms with E-state index in [1.165, 1.54) is 58.2 Å². The monoisotopic (exact) mass is 296 g/mol. The molecule has 0 radical (unpaired) electrons. The van der Waals surface area contributed by atoms with Crippen molar-refractivity contribution in [3.05, 3.63) is 0 Å². The second kappa shape index (κ2) is 7.43. The first-order chi connectivity index (χ1) is 10.1. The molecule has 1 aliphatic carbocycles. The number of nitrogens with one attached hydrogen (secondary N) is 1. The van der Waals surface area contributed by atoms with Crippen molar-refractivity contribution in [2.45, 2.75) is 83.7 Å². The zero-order chi connectivity index (χ0) is 15.3. The molecule has 0 aromatic heterocycles. The van der Waals surface area contributed by atoms with Crippen molar-refractivity contribution in [3.8, 4) is 0 Å². The molecule has 2 N–H and O–H groups in total. The van der Waals surface area contributed by atoms with Gasteiger partial charge in [-0.05, 0) is 69.9 Å². The van der Waals surface area contributed by atoms with Gasteiger partial charge in [0.25, 0.3) is 0 Å². The third-order valence-corrected chi connectivity index (χ3v) is 6.21. The van der Waals surface area contributed by atoms with E-state index in [0.717, 1.165) is 12.8 Å². The summed E-state index contributed by atoms with van der Waals surface area (Å²) in [5.74, 6) is 0. The zero-order valence-corrected chi connectivity index (χ0v) is 14.5. The van der Waals surface area contributed by atoms with Crippen LogP contribution in [0.3, 0.4) is 0 Å². The summed E-state index contributed by atoms with van der Waals surface area (Å²) in [6.45, 7) is 11.0. The van der Waals surface area contributed by atoms with Crippen LogP contribution in [0.2, 0.25) is 0 Å². The first kappa shape index (κ1) is 17.2. The molecule has 0 bridgehead atoms. The van der Waals surface area contributed by atoms with Gasteiger partial charge < -0.3 is 15.3 Å². The lowest BCUT2D eigenvalue weighted by Gasteiger charge is -2.33. The van der Waals surface area contributed by atoms with E-state index < -0.39 is 0 Å². The summed E-state index contributed by atoms with van der Waals surface area (Å²) in [5, 5.41) is 13.5. The van der Waals surface area contributed by atoms with E-state index in [1.54, 1.807) is 0 Å². The molecular weight excluding hydrogens is 260 g/mol. The molecule has 3 heteroatoms. The van der Waals surface area contributed by atoms with Crippen molar-refractivity contribution in [1.82, 2.24) is 10.2 Å². The van der Waals surface area contributed by atoms with Gasteiger partial charge in [-0.2, -0.15) is 0 Å². The van der Waals surface area contributed by atoms with Gasteiger partial charge in [-0.3, -0.25) is 0 Å². The molecule has 0 aromatic carbocycles. The van der Waals surface area contributed by atoms with Crippen molar-refractivity contribution in [2.24, 2.45) is 5.41 Å². The average molecular weight is 296 g/mol. The highest BCUT2D eigenvalue weighted by Gasteiger charge is 2.36. The van der Waals surface area contributed by atoms with E-state index in [4.69, 9.17) is 0 Å². The van der Waals surface area contributed by atoms with Crippen molar-refractivity contribution >= 4 is 0 Å². The topological polar surface area (TPSA) is 35.5 Å². The van der Waals surface area contributed by atoms with Gasteiger partial charge in [0.2, 0.25) is 0 Å². The van der Waals surface area contributed by atoms with E-state index in [9.17, 15) is 5.11 Å².